The number of aromatic nitrogens is 2. The van der Waals surface area contributed by atoms with Crippen molar-refractivity contribution in [1.82, 2.24) is 20.8 Å². The molecular weight excluding hydrogens is 252 g/mol. The fourth-order valence-electron chi connectivity index (χ4n) is 3.82. The first kappa shape index (κ1) is 13.6. The average Bonchev–Trinajstić information content (AvgIpc) is 3.02. The van der Waals surface area contributed by atoms with E-state index < -0.39 is 0 Å². The maximum absolute atomic E-state index is 12.3. The molecule has 2 atom stereocenters. The molecule has 1 saturated carbocycles. The molecule has 0 spiro atoms. The molecule has 1 aromatic rings. The standard InChI is InChI=1S/C15H24N4O/c1-10-11(2)18-19-13(10)14(20)17-9-15-6-3-5-12(15)16-8-4-7-15/h12,16H,3-9H2,1-2H3,(H,17,20)(H,18,19). The van der Waals surface area contributed by atoms with Gasteiger partial charge in [-0.3, -0.25) is 9.89 Å². The van der Waals surface area contributed by atoms with Gasteiger partial charge in [0, 0.05) is 29.3 Å². The molecule has 0 radical (unpaired) electrons. The molecule has 0 aromatic carbocycles. The third-order valence-electron chi connectivity index (χ3n) is 5.22. The topological polar surface area (TPSA) is 69.8 Å². The van der Waals surface area contributed by atoms with E-state index in [4.69, 9.17) is 0 Å². The van der Waals surface area contributed by atoms with Crippen LogP contribution in [-0.2, 0) is 0 Å². The molecule has 1 saturated heterocycles. The van der Waals surface area contributed by atoms with E-state index in [-0.39, 0.29) is 11.3 Å². The van der Waals surface area contributed by atoms with Crippen molar-refractivity contribution in [2.45, 2.75) is 52.0 Å². The predicted molar refractivity (Wildman–Crippen MR) is 77.7 cm³/mol. The second-order valence-corrected chi connectivity index (χ2v) is 6.37. The third-order valence-corrected chi connectivity index (χ3v) is 5.22. The summed E-state index contributed by atoms with van der Waals surface area (Å²) in [6, 6.07) is 0.582. The summed E-state index contributed by atoms with van der Waals surface area (Å²) in [6.07, 6.45) is 6.18. The molecule has 1 amide bonds. The van der Waals surface area contributed by atoms with Gasteiger partial charge in [0.05, 0.1) is 0 Å². The number of piperidine rings is 1. The van der Waals surface area contributed by atoms with E-state index in [0.717, 1.165) is 24.3 Å². The Morgan fingerprint density at radius 2 is 2.20 bits per heavy atom. The Morgan fingerprint density at radius 1 is 1.40 bits per heavy atom. The van der Waals surface area contributed by atoms with E-state index in [1.54, 1.807) is 0 Å². The van der Waals surface area contributed by atoms with E-state index >= 15 is 0 Å². The van der Waals surface area contributed by atoms with Gasteiger partial charge in [-0.05, 0) is 46.1 Å². The maximum Gasteiger partial charge on any atom is 0.272 e. The van der Waals surface area contributed by atoms with E-state index in [1.165, 1.54) is 32.1 Å². The zero-order valence-electron chi connectivity index (χ0n) is 12.4. The van der Waals surface area contributed by atoms with Crippen molar-refractivity contribution in [3.63, 3.8) is 0 Å². The first-order valence-corrected chi connectivity index (χ1v) is 7.65. The van der Waals surface area contributed by atoms with Crippen molar-refractivity contribution in [2.75, 3.05) is 13.1 Å². The molecule has 110 valence electrons. The summed E-state index contributed by atoms with van der Waals surface area (Å²) in [4.78, 5) is 12.3. The number of aromatic amines is 1. The first-order chi connectivity index (χ1) is 9.62. The smallest absolute Gasteiger partial charge is 0.272 e. The third kappa shape index (κ3) is 2.24. The van der Waals surface area contributed by atoms with Gasteiger partial charge < -0.3 is 10.6 Å². The van der Waals surface area contributed by atoms with Crippen LogP contribution in [0.25, 0.3) is 0 Å². The fraction of sp³-hybridized carbons (Fsp3) is 0.733. The Bertz CT molecular complexity index is 510. The van der Waals surface area contributed by atoms with Gasteiger partial charge in [-0.25, -0.2) is 0 Å². The molecule has 3 rings (SSSR count). The molecule has 1 aromatic heterocycles. The van der Waals surface area contributed by atoms with Gasteiger partial charge in [-0.15, -0.1) is 0 Å². The van der Waals surface area contributed by atoms with Crippen LogP contribution in [0.2, 0.25) is 0 Å². The number of nitrogens with one attached hydrogen (secondary N) is 3. The number of fused-ring (bicyclic) bond motifs is 1. The molecule has 0 bridgehead atoms. The van der Waals surface area contributed by atoms with Crippen LogP contribution in [-0.4, -0.2) is 35.2 Å². The lowest BCUT2D eigenvalue weighted by molar-refractivity contribution is 0.0893. The molecule has 1 aliphatic heterocycles. The largest absolute Gasteiger partial charge is 0.350 e. The summed E-state index contributed by atoms with van der Waals surface area (Å²) in [5.74, 6) is -0.0440. The van der Waals surface area contributed by atoms with Gasteiger partial charge in [-0.2, -0.15) is 5.10 Å². The van der Waals surface area contributed by atoms with Crippen molar-refractivity contribution in [2.24, 2.45) is 5.41 Å². The number of carbonyl (C=O) groups is 1. The van der Waals surface area contributed by atoms with Crippen molar-refractivity contribution in [3.8, 4) is 0 Å². The predicted octanol–water partition coefficient (Wildman–Crippen LogP) is 1.68. The highest BCUT2D eigenvalue weighted by Crippen LogP contribution is 2.43. The number of carbonyl (C=O) groups excluding carboxylic acids is 1. The number of hydrogen-bond donors (Lipinski definition) is 3. The Labute approximate surface area is 119 Å². The molecule has 2 fully saturated rings. The summed E-state index contributed by atoms with van der Waals surface area (Å²) in [7, 11) is 0. The minimum atomic E-state index is -0.0440. The van der Waals surface area contributed by atoms with Crippen LogP contribution in [0, 0.1) is 19.3 Å². The summed E-state index contributed by atoms with van der Waals surface area (Å²) in [5.41, 5.74) is 2.72. The molecule has 5 heteroatoms. The molecule has 2 aliphatic rings. The summed E-state index contributed by atoms with van der Waals surface area (Å²) >= 11 is 0. The zero-order valence-corrected chi connectivity index (χ0v) is 12.4. The highest BCUT2D eigenvalue weighted by molar-refractivity contribution is 5.93. The maximum atomic E-state index is 12.3. The highest BCUT2D eigenvalue weighted by Gasteiger charge is 2.44. The molecular formula is C15H24N4O. The number of H-pyrrole nitrogens is 1. The van der Waals surface area contributed by atoms with Gasteiger partial charge in [0.25, 0.3) is 5.91 Å². The molecule has 1 aliphatic carbocycles. The van der Waals surface area contributed by atoms with E-state index in [9.17, 15) is 4.79 Å². The van der Waals surface area contributed by atoms with Crippen molar-refractivity contribution in [3.05, 3.63) is 17.0 Å². The van der Waals surface area contributed by atoms with Crippen LogP contribution in [0.3, 0.4) is 0 Å². The second-order valence-electron chi connectivity index (χ2n) is 6.37. The van der Waals surface area contributed by atoms with Crippen LogP contribution in [0.15, 0.2) is 0 Å². The lowest BCUT2D eigenvalue weighted by Gasteiger charge is -2.40. The van der Waals surface area contributed by atoms with Crippen LogP contribution in [0.4, 0.5) is 0 Å². The normalized spacial score (nSPS) is 29.2. The molecule has 2 unspecified atom stereocenters. The highest BCUT2D eigenvalue weighted by atomic mass is 16.1. The zero-order chi connectivity index (χ0) is 14.2. The number of aryl methyl sites for hydroxylation is 1. The lowest BCUT2D eigenvalue weighted by Crippen LogP contribution is -2.52. The quantitative estimate of drug-likeness (QED) is 0.786. The van der Waals surface area contributed by atoms with E-state index in [2.05, 4.69) is 20.8 Å². The lowest BCUT2D eigenvalue weighted by atomic mass is 9.76. The summed E-state index contributed by atoms with van der Waals surface area (Å²) in [6.45, 7) is 5.77. The van der Waals surface area contributed by atoms with Gasteiger partial charge in [0.15, 0.2) is 5.69 Å². The second kappa shape index (κ2) is 5.20. The SMILES string of the molecule is Cc1[nH]nc(C(=O)NCC23CCCNC2CCC3)c1C. The van der Waals surface area contributed by atoms with Crippen LogP contribution >= 0.6 is 0 Å². The number of nitrogens with zero attached hydrogens (tertiary/aromatic N) is 1. The van der Waals surface area contributed by atoms with Crippen LogP contribution in [0.1, 0.15) is 53.8 Å². The Hall–Kier alpha value is -1.36. The van der Waals surface area contributed by atoms with Gasteiger partial charge >= 0.3 is 0 Å². The van der Waals surface area contributed by atoms with Crippen LogP contribution < -0.4 is 10.6 Å². The van der Waals surface area contributed by atoms with Gasteiger partial charge in [-0.1, -0.05) is 6.42 Å². The average molecular weight is 276 g/mol. The summed E-state index contributed by atoms with van der Waals surface area (Å²) < 4.78 is 0. The van der Waals surface area contributed by atoms with Crippen molar-refractivity contribution >= 4 is 5.91 Å². The van der Waals surface area contributed by atoms with Crippen molar-refractivity contribution < 1.29 is 4.79 Å². The van der Waals surface area contributed by atoms with Crippen molar-refractivity contribution in [1.29, 1.82) is 0 Å². The number of rotatable bonds is 3. The van der Waals surface area contributed by atoms with E-state index in [0.29, 0.717) is 11.7 Å². The molecule has 2 heterocycles. The summed E-state index contributed by atoms with van der Waals surface area (Å²) in [5, 5.41) is 13.7. The van der Waals surface area contributed by atoms with Gasteiger partial charge in [0.2, 0.25) is 0 Å². The number of hydrogen-bond acceptors (Lipinski definition) is 3. The Morgan fingerprint density at radius 3 is 2.95 bits per heavy atom. The monoisotopic (exact) mass is 276 g/mol. The number of amides is 1. The minimum absolute atomic E-state index is 0.0440. The first-order valence-electron chi connectivity index (χ1n) is 7.65. The Kier molecular flexibility index (Phi) is 3.54. The fourth-order valence-corrected chi connectivity index (χ4v) is 3.82. The Balaban J connectivity index is 1.67. The molecule has 20 heavy (non-hydrogen) atoms. The molecule has 5 nitrogen and oxygen atoms in total. The molecule has 3 N–H and O–H groups in total. The van der Waals surface area contributed by atoms with E-state index in [1.807, 2.05) is 13.8 Å². The van der Waals surface area contributed by atoms with Crippen LogP contribution in [0.5, 0.6) is 0 Å². The van der Waals surface area contributed by atoms with Gasteiger partial charge in [0.1, 0.15) is 0 Å². The minimum Gasteiger partial charge on any atom is -0.350 e.